The molecule has 1 saturated heterocycles. The van der Waals surface area contributed by atoms with E-state index in [1.165, 1.54) is 59.4 Å². The standard InChI is InChI=1S/C21H26N2S2/c1-24-15-14-22-10-12-23(13-11-22)19-16-17-6-2-4-8-20(17)25-21-9-5-3-7-18(19)21/h2-9,19H,10-16H2,1H3. The van der Waals surface area contributed by atoms with Crippen molar-refractivity contribution in [3.63, 3.8) is 0 Å². The van der Waals surface area contributed by atoms with E-state index in [1.54, 1.807) is 0 Å². The molecule has 0 bridgehead atoms. The van der Waals surface area contributed by atoms with Gasteiger partial charge in [-0.2, -0.15) is 11.8 Å². The fraction of sp³-hybridized carbons (Fsp3) is 0.429. The second-order valence-electron chi connectivity index (χ2n) is 6.84. The summed E-state index contributed by atoms with van der Waals surface area (Å²) in [5, 5.41) is 0. The van der Waals surface area contributed by atoms with Crippen LogP contribution in [0.4, 0.5) is 0 Å². The lowest BCUT2D eigenvalue weighted by molar-refractivity contribution is 0.0984. The van der Waals surface area contributed by atoms with E-state index in [0.29, 0.717) is 6.04 Å². The van der Waals surface area contributed by atoms with E-state index >= 15 is 0 Å². The van der Waals surface area contributed by atoms with Gasteiger partial charge in [-0.15, -0.1) is 0 Å². The topological polar surface area (TPSA) is 6.48 Å². The number of hydrogen-bond acceptors (Lipinski definition) is 4. The summed E-state index contributed by atoms with van der Waals surface area (Å²) in [6.07, 6.45) is 3.33. The lowest BCUT2D eigenvalue weighted by Crippen LogP contribution is -2.48. The number of fused-ring (bicyclic) bond motifs is 2. The van der Waals surface area contributed by atoms with Gasteiger partial charge in [0.1, 0.15) is 0 Å². The highest BCUT2D eigenvalue weighted by Gasteiger charge is 2.29. The predicted molar refractivity (Wildman–Crippen MR) is 110 cm³/mol. The molecule has 2 heterocycles. The first-order chi connectivity index (χ1) is 12.3. The van der Waals surface area contributed by atoms with Crippen LogP contribution < -0.4 is 0 Å². The molecular formula is C21H26N2S2. The molecule has 1 atom stereocenters. The van der Waals surface area contributed by atoms with Crippen LogP contribution in [0.15, 0.2) is 58.3 Å². The number of benzene rings is 2. The number of thioether (sulfide) groups is 1. The second kappa shape index (κ2) is 8.17. The molecule has 0 aliphatic carbocycles. The van der Waals surface area contributed by atoms with Gasteiger partial charge in [-0.3, -0.25) is 9.80 Å². The first-order valence-corrected chi connectivity index (χ1v) is 11.4. The molecule has 2 aliphatic rings. The molecule has 0 aromatic heterocycles. The molecule has 0 amide bonds. The van der Waals surface area contributed by atoms with Gasteiger partial charge in [0.15, 0.2) is 0 Å². The third kappa shape index (κ3) is 3.92. The van der Waals surface area contributed by atoms with Gasteiger partial charge >= 0.3 is 0 Å². The monoisotopic (exact) mass is 370 g/mol. The molecule has 2 aromatic rings. The molecule has 2 aliphatic heterocycles. The normalized spacial score (nSPS) is 21.4. The van der Waals surface area contributed by atoms with E-state index in [1.807, 2.05) is 23.5 Å². The van der Waals surface area contributed by atoms with Crippen molar-refractivity contribution in [2.75, 3.05) is 44.7 Å². The maximum Gasteiger partial charge on any atom is 0.0401 e. The third-order valence-corrected chi connectivity index (χ3v) is 7.14. The molecule has 132 valence electrons. The Morgan fingerprint density at radius 3 is 2.48 bits per heavy atom. The smallest absolute Gasteiger partial charge is 0.0401 e. The van der Waals surface area contributed by atoms with Gasteiger partial charge in [-0.25, -0.2) is 0 Å². The minimum Gasteiger partial charge on any atom is -0.300 e. The van der Waals surface area contributed by atoms with Crippen molar-refractivity contribution in [2.24, 2.45) is 0 Å². The predicted octanol–water partition coefficient (Wildman–Crippen LogP) is 4.42. The Labute approximate surface area is 160 Å². The van der Waals surface area contributed by atoms with Crippen molar-refractivity contribution < 1.29 is 0 Å². The molecule has 1 unspecified atom stereocenters. The highest BCUT2D eigenvalue weighted by atomic mass is 32.2. The summed E-state index contributed by atoms with van der Waals surface area (Å²) in [5.74, 6) is 1.25. The molecule has 4 rings (SSSR count). The summed E-state index contributed by atoms with van der Waals surface area (Å²) < 4.78 is 0. The van der Waals surface area contributed by atoms with Gasteiger partial charge in [0.05, 0.1) is 0 Å². The first kappa shape index (κ1) is 17.5. The van der Waals surface area contributed by atoms with Crippen LogP contribution in [-0.4, -0.2) is 54.5 Å². The summed E-state index contributed by atoms with van der Waals surface area (Å²) in [4.78, 5) is 8.20. The van der Waals surface area contributed by atoms with Crippen molar-refractivity contribution >= 4 is 23.5 Å². The molecule has 0 N–H and O–H groups in total. The Bertz CT molecular complexity index is 711. The van der Waals surface area contributed by atoms with Crippen LogP contribution in [0.25, 0.3) is 0 Å². The van der Waals surface area contributed by atoms with Gasteiger partial charge in [-0.1, -0.05) is 48.2 Å². The van der Waals surface area contributed by atoms with Gasteiger partial charge in [0.2, 0.25) is 0 Å². The van der Waals surface area contributed by atoms with Crippen LogP contribution in [0, 0.1) is 0 Å². The van der Waals surface area contributed by atoms with Gasteiger partial charge in [0, 0.05) is 54.3 Å². The molecule has 2 nitrogen and oxygen atoms in total. The van der Waals surface area contributed by atoms with E-state index in [-0.39, 0.29) is 0 Å². The molecule has 0 saturated carbocycles. The van der Waals surface area contributed by atoms with E-state index in [9.17, 15) is 0 Å². The number of rotatable bonds is 4. The van der Waals surface area contributed by atoms with Gasteiger partial charge in [0.25, 0.3) is 0 Å². The maximum absolute atomic E-state index is 2.72. The van der Waals surface area contributed by atoms with Crippen molar-refractivity contribution in [2.45, 2.75) is 22.3 Å². The van der Waals surface area contributed by atoms with Crippen LogP contribution in [0.5, 0.6) is 0 Å². The Morgan fingerprint density at radius 1 is 0.960 bits per heavy atom. The minimum absolute atomic E-state index is 0.509. The highest BCUT2D eigenvalue weighted by Crippen LogP contribution is 2.42. The van der Waals surface area contributed by atoms with Crippen LogP contribution >= 0.6 is 23.5 Å². The third-order valence-electron chi connectivity index (χ3n) is 5.34. The number of piperazine rings is 1. The fourth-order valence-electron chi connectivity index (χ4n) is 3.90. The summed E-state index contributed by atoms with van der Waals surface area (Å²) in [5.41, 5.74) is 3.01. The molecule has 1 fully saturated rings. The van der Waals surface area contributed by atoms with Crippen LogP contribution in [-0.2, 0) is 6.42 Å². The summed E-state index contributed by atoms with van der Waals surface area (Å²) >= 11 is 3.89. The quantitative estimate of drug-likeness (QED) is 0.786. The lowest BCUT2D eigenvalue weighted by Gasteiger charge is -2.39. The zero-order chi connectivity index (χ0) is 17.1. The number of nitrogens with zero attached hydrogens (tertiary/aromatic N) is 2. The van der Waals surface area contributed by atoms with E-state index < -0.39 is 0 Å². The largest absolute Gasteiger partial charge is 0.300 e. The van der Waals surface area contributed by atoms with E-state index in [2.05, 4.69) is 64.6 Å². The van der Waals surface area contributed by atoms with E-state index in [4.69, 9.17) is 0 Å². The average molecular weight is 371 g/mol. The zero-order valence-electron chi connectivity index (χ0n) is 14.9. The molecule has 4 heteroatoms. The second-order valence-corrected chi connectivity index (χ2v) is 8.91. The van der Waals surface area contributed by atoms with Crippen molar-refractivity contribution in [3.05, 3.63) is 59.7 Å². The number of hydrogen-bond donors (Lipinski definition) is 0. The molecular weight excluding hydrogens is 344 g/mol. The van der Waals surface area contributed by atoms with Crippen molar-refractivity contribution in [3.8, 4) is 0 Å². The maximum atomic E-state index is 2.72. The molecule has 0 spiro atoms. The lowest BCUT2D eigenvalue weighted by atomic mass is 9.96. The van der Waals surface area contributed by atoms with Crippen LogP contribution in [0.1, 0.15) is 17.2 Å². The SMILES string of the molecule is CSCCN1CCN(C2Cc3ccccc3Sc3ccccc32)CC1. The summed E-state index contributed by atoms with van der Waals surface area (Å²) in [6.45, 7) is 6.00. The Hall–Kier alpha value is -0.940. The Kier molecular flexibility index (Phi) is 5.71. The highest BCUT2D eigenvalue weighted by molar-refractivity contribution is 7.99. The molecule has 0 radical (unpaired) electrons. The van der Waals surface area contributed by atoms with Crippen molar-refractivity contribution in [1.82, 2.24) is 9.80 Å². The average Bonchev–Trinajstić information content (AvgIpc) is 2.83. The first-order valence-electron chi connectivity index (χ1n) is 9.15. The van der Waals surface area contributed by atoms with Gasteiger partial charge in [-0.05, 0) is 35.9 Å². The molecule has 2 aromatic carbocycles. The zero-order valence-corrected chi connectivity index (χ0v) is 16.5. The van der Waals surface area contributed by atoms with E-state index in [0.717, 1.165) is 6.42 Å². The minimum atomic E-state index is 0.509. The van der Waals surface area contributed by atoms with Crippen molar-refractivity contribution in [1.29, 1.82) is 0 Å². The van der Waals surface area contributed by atoms with Gasteiger partial charge < -0.3 is 0 Å². The Morgan fingerprint density at radius 2 is 1.68 bits per heavy atom. The molecule has 25 heavy (non-hydrogen) atoms. The van der Waals surface area contributed by atoms with Crippen LogP contribution in [0.3, 0.4) is 0 Å². The van der Waals surface area contributed by atoms with Crippen LogP contribution in [0.2, 0.25) is 0 Å². The fourth-order valence-corrected chi connectivity index (χ4v) is 5.48. The summed E-state index contributed by atoms with van der Waals surface area (Å²) in [7, 11) is 0. The Balaban J connectivity index is 1.57. The summed E-state index contributed by atoms with van der Waals surface area (Å²) in [6, 6.07) is 18.5.